The Kier molecular flexibility index (Phi) is 4.79. The van der Waals surface area contributed by atoms with Gasteiger partial charge in [0.15, 0.2) is 0 Å². The van der Waals surface area contributed by atoms with Crippen LogP contribution in [0.3, 0.4) is 0 Å². The van der Waals surface area contributed by atoms with Gasteiger partial charge in [0.25, 0.3) is 0 Å². The highest BCUT2D eigenvalue weighted by atomic mass is 35.5. The van der Waals surface area contributed by atoms with Crippen LogP contribution in [0.25, 0.3) is 11.0 Å². The first-order valence-electron chi connectivity index (χ1n) is 7.81. The minimum Gasteiger partial charge on any atom is -0.508 e. The van der Waals surface area contributed by atoms with Crippen LogP contribution >= 0.6 is 11.6 Å². The van der Waals surface area contributed by atoms with Gasteiger partial charge in [-0.15, -0.1) is 0 Å². The molecule has 130 valence electrons. The molecule has 0 saturated heterocycles. The first kappa shape index (κ1) is 17.5. The maximum Gasteiger partial charge on any atom is 0.336 e. The maximum absolute atomic E-state index is 14.0. The van der Waals surface area contributed by atoms with Gasteiger partial charge >= 0.3 is 5.63 Å². The number of aryl methyl sites for hydroxylation is 1. The molecule has 0 spiro atoms. The van der Waals surface area contributed by atoms with E-state index in [-0.39, 0.29) is 17.6 Å². The predicted molar refractivity (Wildman–Crippen MR) is 95.6 cm³/mol. The van der Waals surface area contributed by atoms with Crippen molar-refractivity contribution in [1.29, 1.82) is 0 Å². The number of aromatic hydroxyl groups is 1. The number of fused-ring (bicyclic) bond motifs is 1. The number of phenols is 1. The summed E-state index contributed by atoms with van der Waals surface area (Å²) in [6.45, 7) is 3.80. The maximum atomic E-state index is 14.0. The van der Waals surface area contributed by atoms with Crippen LogP contribution < -0.4 is 10.9 Å². The molecule has 0 radical (unpaired) electrons. The van der Waals surface area contributed by atoms with Crippen molar-refractivity contribution in [2.45, 2.75) is 26.4 Å². The molecule has 1 heterocycles. The summed E-state index contributed by atoms with van der Waals surface area (Å²) in [6, 6.07) is 8.83. The van der Waals surface area contributed by atoms with Crippen LogP contribution in [0.5, 0.6) is 5.75 Å². The van der Waals surface area contributed by atoms with E-state index in [2.05, 4.69) is 5.32 Å². The van der Waals surface area contributed by atoms with Crippen LogP contribution in [0.1, 0.15) is 29.7 Å². The number of halogens is 2. The van der Waals surface area contributed by atoms with Crippen LogP contribution in [0.15, 0.2) is 45.6 Å². The largest absolute Gasteiger partial charge is 0.508 e. The number of benzene rings is 2. The fourth-order valence-corrected chi connectivity index (χ4v) is 3.18. The van der Waals surface area contributed by atoms with Gasteiger partial charge < -0.3 is 14.8 Å². The van der Waals surface area contributed by atoms with Gasteiger partial charge in [0.05, 0.1) is 0 Å². The van der Waals surface area contributed by atoms with Crippen molar-refractivity contribution in [2.75, 3.05) is 0 Å². The lowest BCUT2D eigenvalue weighted by molar-refractivity contribution is 0.468. The topological polar surface area (TPSA) is 62.5 Å². The molecule has 4 nitrogen and oxygen atoms in total. The molecule has 3 aromatic rings. The van der Waals surface area contributed by atoms with E-state index >= 15 is 0 Å². The van der Waals surface area contributed by atoms with Crippen molar-refractivity contribution in [1.82, 2.24) is 5.32 Å². The third-order valence-corrected chi connectivity index (χ3v) is 4.58. The van der Waals surface area contributed by atoms with Crippen molar-refractivity contribution >= 4 is 22.6 Å². The van der Waals surface area contributed by atoms with E-state index in [1.54, 1.807) is 38.1 Å². The summed E-state index contributed by atoms with van der Waals surface area (Å²) < 4.78 is 19.2. The number of hydrogen-bond donors (Lipinski definition) is 2. The summed E-state index contributed by atoms with van der Waals surface area (Å²) in [6.07, 6.45) is 0. The Balaban J connectivity index is 1.94. The van der Waals surface area contributed by atoms with Crippen molar-refractivity contribution in [3.05, 3.63) is 74.3 Å². The third kappa shape index (κ3) is 3.38. The number of nitrogens with one attached hydrogen (secondary N) is 1. The first-order chi connectivity index (χ1) is 11.9. The van der Waals surface area contributed by atoms with Gasteiger partial charge in [0.2, 0.25) is 0 Å². The van der Waals surface area contributed by atoms with Crippen LogP contribution in [-0.2, 0) is 6.54 Å². The summed E-state index contributed by atoms with van der Waals surface area (Å²) in [5, 5.41) is 14.0. The van der Waals surface area contributed by atoms with Gasteiger partial charge in [-0.2, -0.15) is 0 Å². The fourth-order valence-electron chi connectivity index (χ4n) is 2.85. The van der Waals surface area contributed by atoms with E-state index in [9.17, 15) is 14.3 Å². The second kappa shape index (κ2) is 6.86. The van der Waals surface area contributed by atoms with E-state index in [0.29, 0.717) is 39.2 Å². The summed E-state index contributed by atoms with van der Waals surface area (Å²) in [7, 11) is 0. The van der Waals surface area contributed by atoms with E-state index < -0.39 is 5.63 Å². The third-order valence-electron chi connectivity index (χ3n) is 4.25. The quantitative estimate of drug-likeness (QED) is 0.674. The van der Waals surface area contributed by atoms with E-state index in [1.165, 1.54) is 12.1 Å². The van der Waals surface area contributed by atoms with Gasteiger partial charge in [0, 0.05) is 40.2 Å². The second-order valence-corrected chi connectivity index (χ2v) is 6.32. The smallest absolute Gasteiger partial charge is 0.336 e. The Morgan fingerprint density at radius 1 is 1.32 bits per heavy atom. The summed E-state index contributed by atoms with van der Waals surface area (Å²) in [5.74, 6) is -0.321. The molecular weight excluding hydrogens is 345 g/mol. The first-order valence-corrected chi connectivity index (χ1v) is 8.19. The lowest BCUT2D eigenvalue weighted by Crippen LogP contribution is -2.20. The van der Waals surface area contributed by atoms with Crippen molar-refractivity contribution in [3.63, 3.8) is 0 Å². The minimum absolute atomic E-state index is 0.0623. The summed E-state index contributed by atoms with van der Waals surface area (Å²) >= 11 is 6.09. The molecule has 0 aliphatic heterocycles. The Morgan fingerprint density at radius 3 is 2.80 bits per heavy atom. The van der Waals surface area contributed by atoms with Gasteiger partial charge in [0.1, 0.15) is 17.1 Å². The summed E-state index contributed by atoms with van der Waals surface area (Å²) in [4.78, 5) is 11.8. The van der Waals surface area contributed by atoms with E-state index in [0.717, 1.165) is 0 Å². The average Bonchev–Trinajstić information content (AvgIpc) is 2.56. The van der Waals surface area contributed by atoms with Crippen LogP contribution in [0.4, 0.5) is 4.39 Å². The molecule has 6 heteroatoms. The van der Waals surface area contributed by atoms with E-state index in [1.807, 2.05) is 0 Å². The number of phenolic OH excluding ortho intramolecular Hbond substituents is 1. The van der Waals surface area contributed by atoms with Gasteiger partial charge in [-0.3, -0.25) is 0 Å². The normalized spacial score (nSPS) is 12.5. The van der Waals surface area contributed by atoms with Crippen molar-refractivity contribution in [3.8, 4) is 5.75 Å². The van der Waals surface area contributed by atoms with Crippen molar-refractivity contribution in [2.24, 2.45) is 0 Å². The Labute approximate surface area is 148 Å². The highest BCUT2D eigenvalue weighted by Crippen LogP contribution is 2.29. The lowest BCUT2D eigenvalue weighted by atomic mass is 10.0. The molecule has 2 aromatic carbocycles. The van der Waals surface area contributed by atoms with Crippen molar-refractivity contribution < 1.29 is 13.9 Å². The molecule has 0 saturated carbocycles. The molecule has 0 fully saturated rings. The predicted octanol–water partition coefficient (Wildman–Crippen LogP) is 4.45. The van der Waals surface area contributed by atoms with Gasteiger partial charge in [-0.1, -0.05) is 17.7 Å². The minimum atomic E-state index is -0.505. The Hall–Kier alpha value is -2.37. The zero-order valence-electron chi connectivity index (χ0n) is 13.8. The molecular formula is C19H17ClFNO3. The zero-order valence-corrected chi connectivity index (χ0v) is 14.5. The summed E-state index contributed by atoms with van der Waals surface area (Å²) in [5.41, 5.74) is 1.43. The molecule has 0 amide bonds. The molecule has 0 aliphatic carbocycles. The molecule has 1 atom stereocenters. The van der Waals surface area contributed by atoms with E-state index in [4.69, 9.17) is 16.0 Å². The second-order valence-electron chi connectivity index (χ2n) is 5.91. The van der Waals surface area contributed by atoms with Gasteiger partial charge in [-0.25, -0.2) is 9.18 Å². The monoisotopic (exact) mass is 361 g/mol. The standard InChI is InChI=1S/C19H17ClFNO3/c1-10-16(23)7-6-13-12(8-17(24)25-19(10)13)9-22-11(2)18-14(20)4-3-5-15(18)21/h3-8,11,22-23H,9H2,1-2H3. The zero-order chi connectivity index (χ0) is 18.1. The molecule has 0 bridgehead atoms. The molecule has 25 heavy (non-hydrogen) atoms. The number of rotatable bonds is 4. The molecule has 0 aliphatic rings. The molecule has 1 aromatic heterocycles. The van der Waals surface area contributed by atoms with Crippen LogP contribution in [-0.4, -0.2) is 5.11 Å². The molecule has 2 N–H and O–H groups in total. The molecule has 1 unspecified atom stereocenters. The lowest BCUT2D eigenvalue weighted by Gasteiger charge is -2.17. The van der Waals surface area contributed by atoms with Crippen LogP contribution in [0.2, 0.25) is 5.02 Å². The van der Waals surface area contributed by atoms with Gasteiger partial charge in [-0.05, 0) is 43.7 Å². The average molecular weight is 362 g/mol. The highest BCUT2D eigenvalue weighted by molar-refractivity contribution is 6.31. The molecule has 3 rings (SSSR count). The SMILES string of the molecule is Cc1c(O)ccc2c(CNC(C)c3c(F)cccc3Cl)cc(=O)oc12. The van der Waals surface area contributed by atoms with Crippen LogP contribution in [0, 0.1) is 12.7 Å². The fraction of sp³-hybridized carbons (Fsp3) is 0.211. The number of hydrogen-bond acceptors (Lipinski definition) is 4. The Bertz CT molecular complexity index is 980. The highest BCUT2D eigenvalue weighted by Gasteiger charge is 2.16. The Morgan fingerprint density at radius 2 is 2.08 bits per heavy atom.